The summed E-state index contributed by atoms with van der Waals surface area (Å²) in [5.74, 6) is -0.690. The highest BCUT2D eigenvalue weighted by Crippen LogP contribution is 2.18. The van der Waals surface area contributed by atoms with Crippen LogP contribution in [0.5, 0.6) is 0 Å². The summed E-state index contributed by atoms with van der Waals surface area (Å²) >= 11 is 0. The lowest BCUT2D eigenvalue weighted by Crippen LogP contribution is -2.06. The van der Waals surface area contributed by atoms with Crippen molar-refractivity contribution in [3.63, 3.8) is 0 Å². The SMILES string of the molecule is COC(=O)CC(=O)C=CC1=CCCC1. The van der Waals surface area contributed by atoms with E-state index in [0.29, 0.717) is 0 Å². The zero-order chi connectivity index (χ0) is 10.4. The number of carbonyl (C=O) groups excluding carboxylic acids is 2. The molecule has 0 N–H and O–H groups in total. The van der Waals surface area contributed by atoms with E-state index in [1.165, 1.54) is 18.8 Å². The molecule has 0 bridgehead atoms. The van der Waals surface area contributed by atoms with Crippen molar-refractivity contribution in [2.75, 3.05) is 7.11 Å². The number of allylic oxidation sites excluding steroid dienone is 4. The minimum atomic E-state index is -0.486. The number of hydrogen-bond donors (Lipinski definition) is 0. The topological polar surface area (TPSA) is 43.4 Å². The van der Waals surface area contributed by atoms with E-state index in [2.05, 4.69) is 10.8 Å². The molecule has 0 spiro atoms. The standard InChI is InChI=1S/C11H14O3/c1-14-11(13)8-10(12)7-6-9-4-2-3-5-9/h4,6-7H,2-3,5,8H2,1H3. The van der Waals surface area contributed by atoms with Crippen LogP contribution in [-0.2, 0) is 14.3 Å². The first-order valence-electron chi connectivity index (χ1n) is 4.69. The maximum atomic E-state index is 11.2. The second kappa shape index (κ2) is 5.37. The van der Waals surface area contributed by atoms with Gasteiger partial charge in [-0.25, -0.2) is 0 Å². The molecule has 0 aliphatic heterocycles. The van der Waals surface area contributed by atoms with Crippen molar-refractivity contribution in [3.8, 4) is 0 Å². The molecule has 0 saturated heterocycles. The first-order chi connectivity index (χ1) is 6.72. The Hall–Kier alpha value is -1.38. The van der Waals surface area contributed by atoms with E-state index in [4.69, 9.17) is 0 Å². The van der Waals surface area contributed by atoms with Crippen LogP contribution in [-0.4, -0.2) is 18.9 Å². The molecule has 14 heavy (non-hydrogen) atoms. The van der Waals surface area contributed by atoms with Gasteiger partial charge < -0.3 is 4.74 Å². The fourth-order valence-electron chi connectivity index (χ4n) is 1.32. The average molecular weight is 194 g/mol. The molecular weight excluding hydrogens is 180 g/mol. The lowest BCUT2D eigenvalue weighted by Gasteiger charge is -1.94. The van der Waals surface area contributed by atoms with Gasteiger partial charge in [0.1, 0.15) is 6.42 Å². The van der Waals surface area contributed by atoms with Gasteiger partial charge in [-0.05, 0) is 25.3 Å². The van der Waals surface area contributed by atoms with E-state index in [9.17, 15) is 9.59 Å². The molecule has 0 heterocycles. The number of esters is 1. The molecule has 0 aromatic carbocycles. The smallest absolute Gasteiger partial charge is 0.313 e. The van der Waals surface area contributed by atoms with E-state index in [-0.39, 0.29) is 12.2 Å². The van der Waals surface area contributed by atoms with Crippen LogP contribution in [0.3, 0.4) is 0 Å². The quantitative estimate of drug-likeness (QED) is 0.389. The van der Waals surface area contributed by atoms with Crippen molar-refractivity contribution in [2.45, 2.75) is 25.7 Å². The Kier molecular flexibility index (Phi) is 4.11. The van der Waals surface area contributed by atoms with Crippen LogP contribution in [0.1, 0.15) is 25.7 Å². The molecule has 0 saturated carbocycles. The minimum Gasteiger partial charge on any atom is -0.469 e. The summed E-state index contributed by atoms with van der Waals surface area (Å²) in [6.07, 6.45) is 8.46. The molecule has 0 aromatic heterocycles. The van der Waals surface area contributed by atoms with Gasteiger partial charge in [-0.3, -0.25) is 9.59 Å². The van der Waals surface area contributed by atoms with Gasteiger partial charge in [-0.1, -0.05) is 17.7 Å². The molecule has 1 aliphatic carbocycles. The summed E-state index contributed by atoms with van der Waals surface area (Å²) in [5, 5.41) is 0. The molecule has 0 fully saturated rings. The van der Waals surface area contributed by atoms with Gasteiger partial charge in [-0.15, -0.1) is 0 Å². The van der Waals surface area contributed by atoms with Crippen molar-refractivity contribution in [3.05, 3.63) is 23.8 Å². The molecule has 3 nitrogen and oxygen atoms in total. The van der Waals surface area contributed by atoms with Gasteiger partial charge in [0.15, 0.2) is 5.78 Å². The van der Waals surface area contributed by atoms with E-state index < -0.39 is 5.97 Å². The summed E-state index contributed by atoms with van der Waals surface area (Å²) in [6.45, 7) is 0. The molecule has 0 unspecified atom stereocenters. The second-order valence-corrected chi connectivity index (χ2v) is 3.22. The zero-order valence-electron chi connectivity index (χ0n) is 8.29. The third-order valence-corrected chi connectivity index (χ3v) is 2.11. The van der Waals surface area contributed by atoms with Crippen LogP contribution < -0.4 is 0 Å². The third-order valence-electron chi connectivity index (χ3n) is 2.11. The summed E-state index contributed by atoms with van der Waals surface area (Å²) in [5.41, 5.74) is 1.18. The van der Waals surface area contributed by atoms with Crippen molar-refractivity contribution in [2.24, 2.45) is 0 Å². The fourth-order valence-corrected chi connectivity index (χ4v) is 1.32. The highest BCUT2D eigenvalue weighted by molar-refractivity contribution is 6.02. The number of ether oxygens (including phenoxy) is 1. The van der Waals surface area contributed by atoms with Gasteiger partial charge in [0.05, 0.1) is 7.11 Å². The Labute approximate surface area is 83.4 Å². The van der Waals surface area contributed by atoms with Crippen molar-refractivity contribution in [1.82, 2.24) is 0 Å². The van der Waals surface area contributed by atoms with Crippen LogP contribution in [0.2, 0.25) is 0 Å². The first kappa shape index (κ1) is 10.7. The summed E-state index contributed by atoms with van der Waals surface area (Å²) in [4.78, 5) is 21.9. The lowest BCUT2D eigenvalue weighted by atomic mass is 10.2. The van der Waals surface area contributed by atoms with E-state index in [1.54, 1.807) is 6.08 Å². The number of carbonyl (C=O) groups is 2. The highest BCUT2D eigenvalue weighted by Gasteiger charge is 2.06. The van der Waals surface area contributed by atoms with Crippen molar-refractivity contribution in [1.29, 1.82) is 0 Å². The van der Waals surface area contributed by atoms with Gasteiger partial charge in [0, 0.05) is 0 Å². The predicted molar refractivity (Wildman–Crippen MR) is 52.7 cm³/mol. The zero-order valence-corrected chi connectivity index (χ0v) is 8.29. The normalized spacial score (nSPS) is 15.6. The van der Waals surface area contributed by atoms with Crippen molar-refractivity contribution >= 4 is 11.8 Å². The lowest BCUT2D eigenvalue weighted by molar-refractivity contribution is -0.142. The van der Waals surface area contributed by atoms with Gasteiger partial charge in [0.2, 0.25) is 0 Å². The Morgan fingerprint density at radius 2 is 2.36 bits per heavy atom. The summed E-state index contributed by atoms with van der Waals surface area (Å²) < 4.78 is 4.38. The van der Waals surface area contributed by atoms with Crippen molar-refractivity contribution < 1.29 is 14.3 Å². The Bertz CT molecular complexity index is 287. The highest BCUT2D eigenvalue weighted by atomic mass is 16.5. The number of ketones is 1. The molecule has 0 atom stereocenters. The number of hydrogen-bond acceptors (Lipinski definition) is 3. The van der Waals surface area contributed by atoms with Gasteiger partial charge >= 0.3 is 5.97 Å². The van der Waals surface area contributed by atoms with Gasteiger partial charge in [-0.2, -0.15) is 0 Å². The minimum absolute atomic E-state index is 0.166. The first-order valence-corrected chi connectivity index (χ1v) is 4.69. The molecule has 0 radical (unpaired) electrons. The molecular formula is C11H14O3. The van der Waals surface area contributed by atoms with E-state index in [1.807, 2.05) is 0 Å². The summed E-state index contributed by atoms with van der Waals surface area (Å²) in [6, 6.07) is 0. The predicted octanol–water partition coefficient (Wildman–Crippen LogP) is 1.79. The fraction of sp³-hybridized carbons (Fsp3) is 0.455. The third kappa shape index (κ3) is 3.56. The molecule has 3 heteroatoms. The molecule has 1 rings (SSSR count). The van der Waals surface area contributed by atoms with E-state index in [0.717, 1.165) is 19.3 Å². The van der Waals surface area contributed by atoms with Crippen LogP contribution in [0.25, 0.3) is 0 Å². The Morgan fingerprint density at radius 3 is 2.93 bits per heavy atom. The Morgan fingerprint density at radius 1 is 1.57 bits per heavy atom. The molecule has 76 valence electrons. The van der Waals surface area contributed by atoms with Crippen LogP contribution in [0.15, 0.2) is 23.8 Å². The number of rotatable bonds is 4. The second-order valence-electron chi connectivity index (χ2n) is 3.22. The van der Waals surface area contributed by atoms with Gasteiger partial charge in [0.25, 0.3) is 0 Å². The number of methoxy groups -OCH3 is 1. The maximum Gasteiger partial charge on any atom is 0.313 e. The van der Waals surface area contributed by atoms with Crippen LogP contribution in [0.4, 0.5) is 0 Å². The van der Waals surface area contributed by atoms with Crippen LogP contribution >= 0.6 is 0 Å². The largest absolute Gasteiger partial charge is 0.469 e. The molecule has 0 aromatic rings. The molecule has 1 aliphatic rings. The molecule has 0 amide bonds. The van der Waals surface area contributed by atoms with E-state index >= 15 is 0 Å². The monoisotopic (exact) mass is 194 g/mol. The maximum absolute atomic E-state index is 11.2. The Balaban J connectivity index is 2.36. The average Bonchev–Trinajstić information content (AvgIpc) is 2.67. The van der Waals surface area contributed by atoms with Crippen LogP contribution in [0, 0.1) is 0 Å². The summed E-state index contributed by atoms with van der Waals surface area (Å²) in [7, 11) is 1.28.